The first kappa shape index (κ1) is 26.0. The number of carbonyl (C=O) groups excluding carboxylic acids is 3. The van der Waals surface area contributed by atoms with Gasteiger partial charge in [-0.05, 0) is 64.2 Å². The summed E-state index contributed by atoms with van der Waals surface area (Å²) in [4.78, 5) is 41.2. The molecule has 0 aliphatic heterocycles. The summed E-state index contributed by atoms with van der Waals surface area (Å²) in [7, 11) is 0. The maximum atomic E-state index is 13.1. The van der Waals surface area contributed by atoms with Crippen molar-refractivity contribution in [1.29, 1.82) is 0 Å². The molecule has 9 heteroatoms. The third kappa shape index (κ3) is 8.27. The third-order valence-corrected chi connectivity index (χ3v) is 5.63. The molecule has 1 aliphatic carbocycles. The van der Waals surface area contributed by atoms with Gasteiger partial charge in [0.2, 0.25) is 11.8 Å². The number of benzene rings is 1. The lowest BCUT2D eigenvalue weighted by atomic mass is 9.92. The van der Waals surface area contributed by atoms with E-state index in [1.807, 2.05) is 30.3 Å². The van der Waals surface area contributed by atoms with E-state index in [2.05, 4.69) is 15.6 Å². The summed E-state index contributed by atoms with van der Waals surface area (Å²) in [6.45, 7) is 5.32. The van der Waals surface area contributed by atoms with Crippen LogP contribution in [0.3, 0.4) is 0 Å². The Kier molecular flexibility index (Phi) is 8.68. The Hall–Kier alpha value is -3.62. The minimum Gasteiger partial charge on any atom is -0.474 e. The van der Waals surface area contributed by atoms with Gasteiger partial charge in [0.15, 0.2) is 0 Å². The summed E-state index contributed by atoms with van der Waals surface area (Å²) in [6.07, 6.45) is 3.89. The molecule has 0 radical (unpaired) electrons. The largest absolute Gasteiger partial charge is 0.474 e. The molecule has 1 heterocycles. The lowest BCUT2D eigenvalue weighted by Gasteiger charge is -2.31. The molecule has 3 rings (SSSR count). The van der Waals surface area contributed by atoms with Crippen molar-refractivity contribution in [3.05, 3.63) is 59.8 Å². The van der Waals surface area contributed by atoms with Crippen LogP contribution in [0.2, 0.25) is 0 Å². The van der Waals surface area contributed by atoms with Gasteiger partial charge in [-0.1, -0.05) is 30.3 Å². The molecule has 0 bridgehead atoms. The molecule has 1 aromatic carbocycles. The molecule has 1 saturated carbocycles. The second kappa shape index (κ2) is 11.7. The number of aromatic nitrogens is 1. The topological polar surface area (TPSA) is 133 Å². The van der Waals surface area contributed by atoms with Crippen molar-refractivity contribution in [3.63, 3.8) is 0 Å². The predicted octanol–water partition coefficient (Wildman–Crippen LogP) is 3.12. The molecule has 2 aromatic rings. The Balaban J connectivity index is 1.57. The number of primary amides is 1. The molecule has 1 fully saturated rings. The van der Waals surface area contributed by atoms with Crippen LogP contribution >= 0.6 is 0 Å². The Morgan fingerprint density at radius 2 is 1.74 bits per heavy atom. The minimum atomic E-state index is -0.770. The number of ether oxygens (including phenoxy) is 2. The first-order valence-electron chi connectivity index (χ1n) is 11.9. The van der Waals surface area contributed by atoms with Gasteiger partial charge in [0.25, 0.3) is 5.91 Å². The zero-order chi connectivity index (χ0) is 25.4. The summed E-state index contributed by atoms with van der Waals surface area (Å²) >= 11 is 0. The molecule has 35 heavy (non-hydrogen) atoms. The summed E-state index contributed by atoms with van der Waals surface area (Å²) in [5.41, 5.74) is 5.92. The molecular formula is C26H34N4O5. The average molecular weight is 483 g/mol. The zero-order valence-electron chi connectivity index (χ0n) is 20.5. The highest BCUT2D eigenvalue weighted by Crippen LogP contribution is 2.25. The van der Waals surface area contributed by atoms with E-state index >= 15 is 0 Å². The van der Waals surface area contributed by atoms with E-state index in [1.54, 1.807) is 39.1 Å². The van der Waals surface area contributed by atoms with Gasteiger partial charge >= 0.3 is 6.09 Å². The van der Waals surface area contributed by atoms with Crippen LogP contribution in [0.1, 0.15) is 62.4 Å². The number of nitrogens with two attached hydrogens (primary N) is 1. The van der Waals surface area contributed by atoms with Crippen molar-refractivity contribution in [3.8, 4) is 5.88 Å². The maximum absolute atomic E-state index is 13.1. The maximum Gasteiger partial charge on any atom is 0.408 e. The van der Waals surface area contributed by atoms with Gasteiger partial charge in [-0.15, -0.1) is 0 Å². The molecule has 0 unspecified atom stereocenters. The number of hydrogen-bond acceptors (Lipinski definition) is 6. The SMILES string of the molecule is CC(C)(C)OC(=O)N[C@@H](Cc1ccccc1)C(=O)NC1CCC(Oc2ncccc2C(N)=O)CC1. The Bertz CT molecular complexity index is 1010. The molecule has 1 atom stereocenters. The molecule has 0 spiro atoms. The Labute approximate surface area is 205 Å². The zero-order valence-corrected chi connectivity index (χ0v) is 20.5. The number of hydrogen-bond donors (Lipinski definition) is 3. The highest BCUT2D eigenvalue weighted by Gasteiger charge is 2.29. The fourth-order valence-corrected chi connectivity index (χ4v) is 3.97. The number of alkyl carbamates (subject to hydrolysis) is 1. The molecule has 9 nitrogen and oxygen atoms in total. The van der Waals surface area contributed by atoms with Crippen LogP contribution in [0.25, 0.3) is 0 Å². The average Bonchev–Trinajstić information content (AvgIpc) is 2.79. The summed E-state index contributed by atoms with van der Waals surface area (Å²) in [6, 6.07) is 11.9. The smallest absolute Gasteiger partial charge is 0.408 e. The van der Waals surface area contributed by atoms with Crippen LogP contribution in [0, 0.1) is 0 Å². The van der Waals surface area contributed by atoms with Gasteiger partial charge in [-0.2, -0.15) is 0 Å². The molecule has 1 aliphatic rings. The summed E-state index contributed by atoms with van der Waals surface area (Å²) < 4.78 is 11.3. The highest BCUT2D eigenvalue weighted by atomic mass is 16.6. The number of nitrogens with one attached hydrogen (secondary N) is 2. The number of pyridine rings is 1. The van der Waals surface area contributed by atoms with Gasteiger partial charge in [0.05, 0.1) is 0 Å². The van der Waals surface area contributed by atoms with Crippen LogP contribution in [-0.2, 0) is 16.0 Å². The van der Waals surface area contributed by atoms with Crippen LogP contribution in [-0.4, -0.2) is 46.7 Å². The van der Waals surface area contributed by atoms with Gasteiger partial charge in [-0.25, -0.2) is 9.78 Å². The Morgan fingerprint density at radius 3 is 2.37 bits per heavy atom. The van der Waals surface area contributed by atoms with E-state index < -0.39 is 23.6 Å². The van der Waals surface area contributed by atoms with Crippen molar-refractivity contribution in [2.75, 3.05) is 0 Å². The molecule has 0 saturated heterocycles. The number of carbonyl (C=O) groups is 3. The van der Waals surface area contributed by atoms with Crippen LogP contribution in [0.15, 0.2) is 48.7 Å². The van der Waals surface area contributed by atoms with Crippen molar-refractivity contribution in [2.45, 2.75) is 76.7 Å². The first-order valence-corrected chi connectivity index (χ1v) is 11.9. The van der Waals surface area contributed by atoms with E-state index in [1.165, 1.54) is 0 Å². The minimum absolute atomic E-state index is 0.0552. The van der Waals surface area contributed by atoms with Crippen molar-refractivity contribution in [1.82, 2.24) is 15.6 Å². The van der Waals surface area contributed by atoms with Gasteiger partial charge in [0.1, 0.15) is 23.3 Å². The van der Waals surface area contributed by atoms with Crippen molar-refractivity contribution >= 4 is 17.9 Å². The van der Waals surface area contributed by atoms with Crippen LogP contribution in [0.4, 0.5) is 4.79 Å². The van der Waals surface area contributed by atoms with E-state index in [4.69, 9.17) is 15.2 Å². The highest BCUT2D eigenvalue weighted by molar-refractivity contribution is 5.94. The predicted molar refractivity (Wildman–Crippen MR) is 131 cm³/mol. The molecular weight excluding hydrogens is 448 g/mol. The van der Waals surface area contributed by atoms with E-state index in [-0.39, 0.29) is 29.5 Å². The summed E-state index contributed by atoms with van der Waals surface area (Å²) in [5, 5.41) is 5.79. The fourth-order valence-electron chi connectivity index (χ4n) is 3.97. The van der Waals surface area contributed by atoms with E-state index in [0.29, 0.717) is 32.1 Å². The second-order valence-electron chi connectivity index (χ2n) is 9.71. The monoisotopic (exact) mass is 482 g/mol. The number of nitrogens with zero attached hydrogens (tertiary/aromatic N) is 1. The van der Waals surface area contributed by atoms with Crippen molar-refractivity contribution < 1.29 is 23.9 Å². The van der Waals surface area contributed by atoms with Gasteiger partial charge in [0, 0.05) is 18.7 Å². The molecule has 188 valence electrons. The first-order chi connectivity index (χ1) is 16.6. The van der Waals surface area contributed by atoms with Crippen molar-refractivity contribution in [2.24, 2.45) is 5.73 Å². The third-order valence-electron chi connectivity index (χ3n) is 5.63. The summed E-state index contributed by atoms with van der Waals surface area (Å²) in [5.74, 6) is -0.613. The second-order valence-corrected chi connectivity index (χ2v) is 9.71. The van der Waals surface area contributed by atoms with Gasteiger partial charge in [-0.3, -0.25) is 9.59 Å². The number of amides is 3. The standard InChI is InChI=1S/C26H34N4O5/c1-26(2,3)35-25(33)30-21(16-17-8-5-4-6-9-17)23(32)29-18-11-13-19(14-12-18)34-24-20(22(27)31)10-7-15-28-24/h4-10,15,18-19,21H,11-14,16H2,1-3H3,(H2,27,31)(H,29,32)(H,30,33)/t18?,19?,21-/m0/s1. The lowest BCUT2D eigenvalue weighted by Crippen LogP contribution is -2.52. The van der Waals surface area contributed by atoms with E-state index in [9.17, 15) is 14.4 Å². The normalized spacial score (nSPS) is 18.7. The van der Waals surface area contributed by atoms with Crippen LogP contribution < -0.4 is 21.1 Å². The molecule has 1 aromatic heterocycles. The van der Waals surface area contributed by atoms with Gasteiger partial charge < -0.3 is 25.8 Å². The fraction of sp³-hybridized carbons (Fsp3) is 0.462. The lowest BCUT2D eigenvalue weighted by molar-refractivity contribution is -0.124. The quantitative estimate of drug-likeness (QED) is 0.530. The number of rotatable bonds is 8. The molecule has 3 amide bonds. The Morgan fingerprint density at radius 1 is 1.06 bits per heavy atom. The van der Waals surface area contributed by atoms with Crippen LogP contribution in [0.5, 0.6) is 5.88 Å². The molecule has 4 N–H and O–H groups in total. The van der Waals surface area contributed by atoms with E-state index in [0.717, 1.165) is 5.56 Å².